The highest BCUT2D eigenvalue weighted by Crippen LogP contribution is 2.60. The largest absolute Gasteiger partial charge is 0.478 e. The van der Waals surface area contributed by atoms with Crippen LogP contribution in [0.2, 0.25) is 0 Å². The van der Waals surface area contributed by atoms with Crippen molar-refractivity contribution in [2.24, 2.45) is 23.2 Å². The van der Waals surface area contributed by atoms with Gasteiger partial charge in [0.1, 0.15) is 0 Å². The molecule has 4 fully saturated rings. The van der Waals surface area contributed by atoms with E-state index in [0.29, 0.717) is 28.9 Å². The second kappa shape index (κ2) is 6.56. The van der Waals surface area contributed by atoms with Gasteiger partial charge in [-0.3, -0.25) is 10.2 Å². The summed E-state index contributed by atoms with van der Waals surface area (Å²) >= 11 is 0. The highest BCUT2D eigenvalue weighted by molar-refractivity contribution is 7.89. The van der Waals surface area contributed by atoms with Crippen molar-refractivity contribution in [3.63, 3.8) is 0 Å². The van der Waals surface area contributed by atoms with Gasteiger partial charge < -0.3 is 5.11 Å². The molecule has 0 unspecified atom stereocenters. The van der Waals surface area contributed by atoms with Crippen LogP contribution in [0.4, 0.5) is 0 Å². The Balaban J connectivity index is 1.53. The average molecular weight is 407 g/mol. The molecule has 4 bridgehead atoms. The number of rotatable bonds is 5. The Hall–Kier alpha value is -1.93. The molecule has 0 aliphatic heterocycles. The lowest BCUT2D eigenvalue weighted by Gasteiger charge is -2.55. The van der Waals surface area contributed by atoms with E-state index < -0.39 is 21.4 Å². The van der Waals surface area contributed by atoms with E-state index in [4.69, 9.17) is 0 Å². The van der Waals surface area contributed by atoms with E-state index in [9.17, 15) is 23.1 Å². The molecule has 5 rings (SSSR count). The number of aromatic carboxylic acids is 1. The molecule has 4 saturated carbocycles. The molecule has 1 aromatic rings. The number of hydrogen-bond acceptors (Lipinski definition) is 4. The first-order valence-corrected chi connectivity index (χ1v) is 11.2. The van der Waals surface area contributed by atoms with Crippen molar-refractivity contribution < 1.29 is 23.1 Å². The van der Waals surface area contributed by atoms with E-state index in [1.54, 1.807) is 13.8 Å². The molecule has 0 saturated heterocycles. The Morgan fingerprint density at radius 2 is 1.57 bits per heavy atom. The summed E-state index contributed by atoms with van der Waals surface area (Å²) in [6, 6.07) is 2.56. The maximum atomic E-state index is 13.0. The van der Waals surface area contributed by atoms with Crippen molar-refractivity contribution in [1.82, 2.24) is 10.3 Å². The Bertz CT molecular complexity index is 918. The fourth-order valence-corrected chi connectivity index (χ4v) is 7.10. The third kappa shape index (κ3) is 3.22. The monoisotopic (exact) mass is 406 g/mol. The van der Waals surface area contributed by atoms with Gasteiger partial charge in [-0.05, 0) is 93.4 Å². The van der Waals surface area contributed by atoms with E-state index in [1.165, 1.54) is 25.3 Å². The molecule has 7 nitrogen and oxygen atoms in total. The van der Waals surface area contributed by atoms with Gasteiger partial charge in [0.25, 0.3) is 10.0 Å². The van der Waals surface area contributed by atoms with Crippen LogP contribution in [0.1, 0.15) is 60.0 Å². The van der Waals surface area contributed by atoms with Crippen LogP contribution in [0.3, 0.4) is 0 Å². The lowest BCUT2D eigenvalue weighted by molar-refractivity contribution is -0.146. The Labute approximate surface area is 164 Å². The third-order valence-electron chi connectivity index (χ3n) is 6.98. The SMILES string of the molecule is Cc1cc(C(=O)O)cc(S(=O)(=O)NNC(=O)C23CC4CC(CC(C4)C2)C3)c1C. The first kappa shape index (κ1) is 19.4. The zero-order valence-electron chi connectivity index (χ0n) is 16.1. The molecule has 28 heavy (non-hydrogen) atoms. The summed E-state index contributed by atoms with van der Waals surface area (Å²) in [7, 11) is -4.08. The Morgan fingerprint density at radius 1 is 1.04 bits per heavy atom. The summed E-state index contributed by atoms with van der Waals surface area (Å²) < 4.78 is 25.6. The molecule has 8 heteroatoms. The standard InChI is InChI=1S/C20H26N2O5S/c1-11-3-16(18(23)24)7-17(12(11)2)28(26,27)22-21-19(25)20-8-13-4-14(9-20)6-15(5-13)10-20/h3,7,13-15,22H,4-6,8-10H2,1-2H3,(H,21,25)(H,23,24). The molecule has 1 amide bonds. The van der Waals surface area contributed by atoms with E-state index in [2.05, 4.69) is 10.3 Å². The normalized spacial score (nSPS) is 31.0. The lowest BCUT2D eigenvalue weighted by atomic mass is 9.49. The van der Waals surface area contributed by atoms with Gasteiger partial charge in [0, 0.05) is 0 Å². The average Bonchev–Trinajstić information content (AvgIpc) is 2.60. The van der Waals surface area contributed by atoms with Crippen molar-refractivity contribution in [3.8, 4) is 0 Å². The van der Waals surface area contributed by atoms with Crippen molar-refractivity contribution in [3.05, 3.63) is 28.8 Å². The molecule has 0 spiro atoms. The first-order chi connectivity index (χ1) is 13.1. The van der Waals surface area contributed by atoms with Crippen LogP contribution in [0.15, 0.2) is 17.0 Å². The third-order valence-corrected chi connectivity index (χ3v) is 8.35. The molecule has 0 atom stereocenters. The van der Waals surface area contributed by atoms with Gasteiger partial charge in [0.2, 0.25) is 5.91 Å². The van der Waals surface area contributed by atoms with Gasteiger partial charge in [-0.2, -0.15) is 0 Å². The smallest absolute Gasteiger partial charge is 0.335 e. The summed E-state index contributed by atoms with van der Waals surface area (Å²) in [5, 5.41) is 9.22. The second-order valence-corrected chi connectivity index (χ2v) is 10.6. The minimum atomic E-state index is -4.08. The topological polar surface area (TPSA) is 113 Å². The summed E-state index contributed by atoms with van der Waals surface area (Å²) in [6.07, 6.45) is 6.08. The van der Waals surface area contributed by atoms with Crippen molar-refractivity contribution in [2.75, 3.05) is 0 Å². The number of aryl methyl sites for hydroxylation is 1. The molecule has 3 N–H and O–H groups in total. The van der Waals surface area contributed by atoms with Crippen LogP contribution in [0.5, 0.6) is 0 Å². The Morgan fingerprint density at radius 3 is 2.07 bits per heavy atom. The zero-order chi connectivity index (χ0) is 20.3. The van der Waals surface area contributed by atoms with Gasteiger partial charge in [0.15, 0.2) is 0 Å². The lowest BCUT2D eigenvalue weighted by Crippen LogP contribution is -2.56. The van der Waals surface area contributed by atoms with Gasteiger partial charge >= 0.3 is 5.97 Å². The van der Waals surface area contributed by atoms with E-state index >= 15 is 0 Å². The number of carboxylic acid groups (broad SMARTS) is 1. The second-order valence-electron chi connectivity index (χ2n) is 8.98. The molecule has 0 aromatic heterocycles. The first-order valence-electron chi connectivity index (χ1n) is 9.76. The molecule has 4 aliphatic rings. The van der Waals surface area contributed by atoms with E-state index in [1.807, 2.05) is 0 Å². The summed E-state index contributed by atoms with van der Waals surface area (Å²) in [5.41, 5.74) is 2.90. The number of carbonyl (C=O) groups excluding carboxylic acids is 1. The number of carbonyl (C=O) groups is 2. The van der Waals surface area contributed by atoms with Crippen molar-refractivity contribution in [1.29, 1.82) is 0 Å². The van der Waals surface area contributed by atoms with Crippen LogP contribution in [0, 0.1) is 37.0 Å². The quantitative estimate of drug-likeness (QED) is 0.651. The van der Waals surface area contributed by atoms with Crippen LogP contribution < -0.4 is 10.3 Å². The zero-order valence-corrected chi connectivity index (χ0v) is 16.9. The van der Waals surface area contributed by atoms with Gasteiger partial charge in [-0.15, -0.1) is 4.83 Å². The molecule has 152 valence electrons. The maximum absolute atomic E-state index is 13.0. The highest BCUT2D eigenvalue weighted by atomic mass is 32.2. The van der Waals surface area contributed by atoms with Crippen molar-refractivity contribution in [2.45, 2.75) is 57.3 Å². The van der Waals surface area contributed by atoms with Crippen LogP contribution in [-0.4, -0.2) is 25.4 Å². The molecule has 1 aromatic carbocycles. The number of amides is 1. The molecular formula is C20H26N2O5S. The summed E-state index contributed by atoms with van der Waals surface area (Å²) in [4.78, 5) is 26.3. The van der Waals surface area contributed by atoms with Crippen LogP contribution in [-0.2, 0) is 14.8 Å². The van der Waals surface area contributed by atoms with Gasteiger partial charge in [0.05, 0.1) is 15.9 Å². The van der Waals surface area contributed by atoms with Crippen LogP contribution in [0.25, 0.3) is 0 Å². The number of hydrogen-bond donors (Lipinski definition) is 3. The minimum Gasteiger partial charge on any atom is -0.478 e. The molecular weight excluding hydrogens is 380 g/mol. The Kier molecular flexibility index (Phi) is 4.54. The maximum Gasteiger partial charge on any atom is 0.335 e. The molecule has 0 radical (unpaired) electrons. The van der Waals surface area contributed by atoms with E-state index in [0.717, 1.165) is 25.3 Å². The summed E-state index contributed by atoms with van der Waals surface area (Å²) in [6.45, 7) is 3.28. The predicted octanol–water partition coefficient (Wildman–Crippen LogP) is 2.53. The van der Waals surface area contributed by atoms with Crippen molar-refractivity contribution >= 4 is 21.9 Å². The number of carboxylic acids is 1. The molecule has 4 aliphatic carbocycles. The number of benzene rings is 1. The molecule has 0 heterocycles. The fourth-order valence-electron chi connectivity index (χ4n) is 5.92. The van der Waals surface area contributed by atoms with Crippen LogP contribution >= 0.6 is 0 Å². The number of sulfonamides is 1. The summed E-state index contributed by atoms with van der Waals surface area (Å²) in [5.74, 6) is 0.276. The fraction of sp³-hybridized carbons (Fsp3) is 0.600. The van der Waals surface area contributed by atoms with E-state index in [-0.39, 0.29) is 16.4 Å². The highest BCUT2D eigenvalue weighted by Gasteiger charge is 2.54. The van der Waals surface area contributed by atoms with Gasteiger partial charge in [-0.1, -0.05) is 0 Å². The number of hydrazine groups is 1. The van der Waals surface area contributed by atoms with Gasteiger partial charge in [-0.25, -0.2) is 13.2 Å². The minimum absolute atomic E-state index is 0.101. The predicted molar refractivity (Wildman–Crippen MR) is 102 cm³/mol. The number of nitrogens with one attached hydrogen (secondary N) is 2.